The van der Waals surface area contributed by atoms with Crippen LogP contribution < -0.4 is 25.8 Å². The number of benzene rings is 3. The molecule has 3 aromatic heterocycles. The smallest absolute Gasteiger partial charge is 0.328 e. The number of carbonyl (C=O) groups is 3. The lowest BCUT2D eigenvalue weighted by Gasteiger charge is -2.47. The highest BCUT2D eigenvalue weighted by atomic mass is 35.5. The van der Waals surface area contributed by atoms with E-state index in [2.05, 4.69) is 37.6 Å². The fraction of sp³-hybridized carbons (Fsp3) is 0.310. The Morgan fingerprint density at radius 3 is 2.36 bits per heavy atom. The normalized spacial score (nSPS) is 17.1. The van der Waals surface area contributed by atoms with Gasteiger partial charge in [-0.3, -0.25) is 33.9 Å². The van der Waals surface area contributed by atoms with Crippen LogP contribution in [-0.2, 0) is 11.3 Å². The van der Waals surface area contributed by atoms with Crippen LogP contribution in [0, 0.1) is 5.41 Å². The number of aromatic nitrogens is 5. The molecule has 0 unspecified atom stereocenters. The van der Waals surface area contributed by atoms with E-state index >= 15 is 0 Å². The van der Waals surface area contributed by atoms with Crippen molar-refractivity contribution in [2.75, 3.05) is 50.1 Å². The number of piperidine rings is 2. The molecule has 9 rings (SSSR count). The molecule has 3 fully saturated rings. The van der Waals surface area contributed by atoms with Gasteiger partial charge >= 0.3 is 6.03 Å². The third-order valence-electron chi connectivity index (χ3n) is 11.8. The first-order valence-electron chi connectivity index (χ1n) is 19.5. The van der Waals surface area contributed by atoms with Gasteiger partial charge in [0, 0.05) is 62.4 Å². The highest BCUT2D eigenvalue weighted by molar-refractivity contribution is 6.37. The van der Waals surface area contributed by atoms with Gasteiger partial charge in [0.05, 0.1) is 28.5 Å². The lowest BCUT2D eigenvalue weighted by atomic mass is 9.71. The number of ether oxygens (including phenoxy) is 1. The summed E-state index contributed by atoms with van der Waals surface area (Å²) in [5.41, 5.74) is 3.53. The molecule has 3 saturated heterocycles. The van der Waals surface area contributed by atoms with Crippen molar-refractivity contribution in [3.63, 3.8) is 0 Å². The van der Waals surface area contributed by atoms with Crippen LogP contribution >= 0.6 is 23.2 Å². The number of imide groups is 1. The summed E-state index contributed by atoms with van der Waals surface area (Å²) in [6.07, 6.45) is 9.02. The first-order chi connectivity index (χ1) is 28.6. The predicted molar refractivity (Wildman–Crippen MR) is 224 cm³/mol. The van der Waals surface area contributed by atoms with E-state index < -0.39 is 6.03 Å². The van der Waals surface area contributed by atoms with Crippen molar-refractivity contribution < 1.29 is 19.1 Å². The van der Waals surface area contributed by atoms with E-state index in [1.807, 2.05) is 17.0 Å². The van der Waals surface area contributed by atoms with Gasteiger partial charge in [0.1, 0.15) is 11.1 Å². The number of methoxy groups -OCH3 is 1. The number of fused-ring (bicyclic) bond motifs is 3. The number of imidazole rings is 1. The third kappa shape index (κ3) is 7.34. The van der Waals surface area contributed by atoms with Gasteiger partial charge in [-0.2, -0.15) is 4.98 Å². The maximum atomic E-state index is 13.7. The van der Waals surface area contributed by atoms with Gasteiger partial charge in [0.15, 0.2) is 5.65 Å². The summed E-state index contributed by atoms with van der Waals surface area (Å²) >= 11 is 13.0. The fourth-order valence-corrected chi connectivity index (χ4v) is 9.04. The molecule has 3 aromatic carbocycles. The Morgan fingerprint density at radius 1 is 0.915 bits per heavy atom. The topological polar surface area (TPSA) is 159 Å². The molecule has 0 atom stereocenters. The Balaban J connectivity index is 0.804. The number of para-hydroxylation sites is 1. The second kappa shape index (κ2) is 15.6. The molecule has 0 radical (unpaired) electrons. The summed E-state index contributed by atoms with van der Waals surface area (Å²) in [6, 6.07) is 17.9. The number of nitrogens with zero attached hydrogens (tertiary/aromatic N) is 8. The van der Waals surface area contributed by atoms with Crippen LogP contribution in [0.15, 0.2) is 84.0 Å². The zero-order valence-corrected chi connectivity index (χ0v) is 33.7. The Bertz CT molecular complexity index is 2660. The molecule has 302 valence electrons. The van der Waals surface area contributed by atoms with E-state index in [4.69, 9.17) is 32.9 Å². The minimum absolute atomic E-state index is 0.0695. The number of likely N-dealkylation sites (tertiary alicyclic amines) is 2. The summed E-state index contributed by atoms with van der Waals surface area (Å²) in [5, 5.41) is 6.53. The number of hydrogen-bond donors (Lipinski definition) is 2. The number of amides is 4. The van der Waals surface area contributed by atoms with Crippen LogP contribution in [0.3, 0.4) is 0 Å². The first-order valence-corrected chi connectivity index (χ1v) is 20.2. The highest BCUT2D eigenvalue weighted by Gasteiger charge is 2.39. The number of urea groups is 1. The number of rotatable bonds is 8. The van der Waals surface area contributed by atoms with Crippen molar-refractivity contribution in [1.29, 1.82) is 0 Å². The molecule has 0 bridgehead atoms. The molecule has 1 spiro atoms. The SMILES string of the molecule is COc1ccc(C(=O)N2CCC3(CCN(Cc4ccc(Nc5ncc6c(=O)n(-c7c(Cl)cccc7Cl)c7nccn7c6n5)cc4)CC3)CC2)cc1N1CCC(=O)NC1=O. The van der Waals surface area contributed by atoms with Crippen LogP contribution in [0.1, 0.15) is 48.0 Å². The summed E-state index contributed by atoms with van der Waals surface area (Å²) in [5.74, 6) is 0.732. The minimum atomic E-state index is -0.521. The predicted octanol–water partition coefficient (Wildman–Crippen LogP) is 6.45. The van der Waals surface area contributed by atoms with Crippen LogP contribution in [0.5, 0.6) is 5.75 Å². The van der Waals surface area contributed by atoms with E-state index in [1.165, 1.54) is 28.3 Å². The zero-order valence-electron chi connectivity index (χ0n) is 32.2. The van der Waals surface area contributed by atoms with Crippen LogP contribution in [0.2, 0.25) is 10.0 Å². The average Bonchev–Trinajstić information content (AvgIpc) is 3.74. The molecule has 17 heteroatoms. The summed E-state index contributed by atoms with van der Waals surface area (Å²) < 4.78 is 8.57. The van der Waals surface area contributed by atoms with E-state index in [9.17, 15) is 19.2 Å². The van der Waals surface area contributed by atoms with E-state index in [0.29, 0.717) is 63.2 Å². The Hall–Kier alpha value is -6.03. The molecular weight excluding hydrogens is 795 g/mol. The largest absolute Gasteiger partial charge is 0.495 e. The van der Waals surface area contributed by atoms with Gasteiger partial charge in [-0.05, 0) is 92.2 Å². The van der Waals surface area contributed by atoms with Crippen molar-refractivity contribution in [3.8, 4) is 11.4 Å². The first kappa shape index (κ1) is 38.5. The molecule has 3 aliphatic rings. The third-order valence-corrected chi connectivity index (χ3v) is 12.4. The number of halogens is 2. The van der Waals surface area contributed by atoms with Gasteiger partial charge in [-0.25, -0.2) is 19.3 Å². The summed E-state index contributed by atoms with van der Waals surface area (Å²) in [6.45, 7) is 4.37. The van der Waals surface area contributed by atoms with Crippen molar-refractivity contribution in [2.45, 2.75) is 38.6 Å². The molecule has 15 nitrogen and oxygen atoms in total. The second-order valence-corrected chi connectivity index (χ2v) is 16.1. The molecule has 0 aliphatic carbocycles. The monoisotopic (exact) mass is 834 g/mol. The number of nitrogens with one attached hydrogen (secondary N) is 2. The molecule has 6 aromatic rings. The standard InChI is InChI=1S/C42H40Cl2N10O5/c1-59-33-10-7-27(23-32(33)52-17-11-34(55)48-41(52)58)37(56)51-20-14-42(15-21-51)12-18-50(19-13-42)25-26-5-8-28(9-6-26)47-39-46-24-29-36(49-39)53-22-16-45-40(53)54(38(29)57)35-30(43)3-2-4-31(35)44/h2-10,16,22-24H,11-15,17-21,25H2,1H3,(H,46,47,49)(H,48,55,58). The number of hydrogen-bond acceptors (Lipinski definition) is 10. The van der Waals surface area contributed by atoms with Crippen LogP contribution in [0.25, 0.3) is 22.5 Å². The van der Waals surface area contributed by atoms with Crippen LogP contribution in [-0.4, -0.2) is 91.4 Å². The zero-order chi connectivity index (χ0) is 40.8. The van der Waals surface area contributed by atoms with Gasteiger partial charge < -0.3 is 15.0 Å². The van der Waals surface area contributed by atoms with E-state index in [1.54, 1.807) is 53.2 Å². The van der Waals surface area contributed by atoms with Crippen molar-refractivity contribution >= 4 is 75.2 Å². The molecule has 59 heavy (non-hydrogen) atoms. The molecule has 0 saturated carbocycles. The summed E-state index contributed by atoms with van der Waals surface area (Å²) in [4.78, 5) is 71.1. The molecule has 4 amide bonds. The molecular formula is C42H40Cl2N10O5. The van der Waals surface area contributed by atoms with Crippen molar-refractivity contribution in [1.82, 2.24) is 39.0 Å². The lowest BCUT2D eigenvalue weighted by Crippen LogP contribution is -2.50. The van der Waals surface area contributed by atoms with Crippen molar-refractivity contribution in [2.24, 2.45) is 5.41 Å². The van der Waals surface area contributed by atoms with Crippen LogP contribution in [0.4, 0.5) is 22.1 Å². The molecule has 2 N–H and O–H groups in total. The fourth-order valence-electron chi connectivity index (χ4n) is 8.47. The van der Waals surface area contributed by atoms with Gasteiger partial charge in [0.25, 0.3) is 11.5 Å². The highest BCUT2D eigenvalue weighted by Crippen LogP contribution is 2.42. The Kier molecular flexibility index (Phi) is 10.2. The quantitative estimate of drug-likeness (QED) is 0.175. The Morgan fingerprint density at radius 2 is 1.64 bits per heavy atom. The second-order valence-electron chi connectivity index (χ2n) is 15.3. The maximum Gasteiger partial charge on any atom is 0.328 e. The minimum Gasteiger partial charge on any atom is -0.495 e. The summed E-state index contributed by atoms with van der Waals surface area (Å²) in [7, 11) is 1.52. The number of anilines is 3. The van der Waals surface area contributed by atoms with Gasteiger partial charge in [-0.15, -0.1) is 0 Å². The Labute approximate surface area is 348 Å². The lowest BCUT2D eigenvalue weighted by molar-refractivity contribution is -0.120. The molecule has 6 heterocycles. The van der Waals surface area contributed by atoms with E-state index in [-0.39, 0.29) is 41.1 Å². The van der Waals surface area contributed by atoms with E-state index in [0.717, 1.165) is 51.0 Å². The van der Waals surface area contributed by atoms with Crippen molar-refractivity contribution in [3.05, 3.63) is 111 Å². The van der Waals surface area contributed by atoms with Gasteiger partial charge in [0.2, 0.25) is 17.6 Å². The maximum absolute atomic E-state index is 13.7. The van der Waals surface area contributed by atoms with Gasteiger partial charge in [-0.1, -0.05) is 41.4 Å². The number of carbonyl (C=O) groups excluding carboxylic acids is 3. The molecule has 3 aliphatic heterocycles. The average molecular weight is 836 g/mol.